The largest absolute Gasteiger partial charge is 0.327 e. The Balaban J connectivity index is 1.94. The van der Waals surface area contributed by atoms with Gasteiger partial charge in [0.25, 0.3) is 0 Å². The van der Waals surface area contributed by atoms with Crippen LogP contribution in [0.1, 0.15) is 11.4 Å². The molecule has 0 unspecified atom stereocenters. The van der Waals surface area contributed by atoms with Gasteiger partial charge in [-0.2, -0.15) is 11.3 Å². The minimum atomic E-state index is 0.429. The lowest BCUT2D eigenvalue weighted by molar-refractivity contribution is 0.689. The Bertz CT molecular complexity index is 645. The van der Waals surface area contributed by atoms with Crippen LogP contribution in [-0.4, -0.2) is 14.5 Å². The third-order valence-electron chi connectivity index (χ3n) is 2.95. The average Bonchev–Trinajstić information content (AvgIpc) is 3.03. The molecule has 3 heterocycles. The third-order valence-corrected chi connectivity index (χ3v) is 3.92. The number of hydrogen-bond donors (Lipinski definition) is 0. The fourth-order valence-corrected chi connectivity index (χ4v) is 2.97. The van der Waals surface area contributed by atoms with E-state index in [9.17, 15) is 0 Å². The third kappa shape index (κ3) is 2.13. The molecular formula is C13H12ClN3S. The van der Waals surface area contributed by atoms with Crippen LogP contribution in [0.15, 0.2) is 35.3 Å². The van der Waals surface area contributed by atoms with Crippen molar-refractivity contribution in [2.24, 2.45) is 0 Å². The highest BCUT2D eigenvalue weighted by Crippen LogP contribution is 2.17. The highest BCUT2D eigenvalue weighted by molar-refractivity contribution is 7.07. The number of imidazole rings is 1. The van der Waals surface area contributed by atoms with Crippen LogP contribution in [0.25, 0.3) is 11.0 Å². The number of alkyl halides is 1. The molecule has 0 amide bonds. The molecule has 0 bridgehead atoms. The first-order valence-electron chi connectivity index (χ1n) is 5.74. The van der Waals surface area contributed by atoms with E-state index in [1.165, 1.54) is 5.56 Å². The summed E-state index contributed by atoms with van der Waals surface area (Å²) in [7, 11) is 0. The van der Waals surface area contributed by atoms with Crippen molar-refractivity contribution in [3.63, 3.8) is 0 Å². The van der Waals surface area contributed by atoms with Gasteiger partial charge >= 0.3 is 0 Å². The van der Waals surface area contributed by atoms with Crippen LogP contribution in [0, 0.1) is 0 Å². The maximum atomic E-state index is 5.96. The second-order valence-electron chi connectivity index (χ2n) is 4.06. The van der Waals surface area contributed by atoms with Crippen molar-refractivity contribution in [3.8, 4) is 0 Å². The molecule has 0 spiro atoms. The molecule has 3 aromatic heterocycles. The van der Waals surface area contributed by atoms with Crippen molar-refractivity contribution >= 4 is 34.0 Å². The number of fused-ring (bicyclic) bond motifs is 1. The minimum absolute atomic E-state index is 0.429. The molecule has 0 aromatic carbocycles. The van der Waals surface area contributed by atoms with E-state index in [4.69, 9.17) is 11.6 Å². The first-order valence-corrected chi connectivity index (χ1v) is 7.22. The maximum Gasteiger partial charge on any atom is 0.124 e. The Hall–Kier alpha value is -1.39. The van der Waals surface area contributed by atoms with Gasteiger partial charge in [-0.05, 0) is 34.9 Å². The van der Waals surface area contributed by atoms with Crippen molar-refractivity contribution in [1.82, 2.24) is 14.5 Å². The van der Waals surface area contributed by atoms with Crippen LogP contribution < -0.4 is 0 Å². The number of nitrogens with zero attached hydrogens (tertiary/aromatic N) is 3. The molecule has 3 aromatic rings. The van der Waals surface area contributed by atoms with Gasteiger partial charge in [-0.1, -0.05) is 0 Å². The molecule has 0 aliphatic carbocycles. The molecule has 0 fully saturated rings. The van der Waals surface area contributed by atoms with E-state index in [1.807, 2.05) is 6.07 Å². The SMILES string of the molecule is ClCc1nc2cnccc2n1CCc1ccsc1. The molecule has 0 radical (unpaired) electrons. The summed E-state index contributed by atoms with van der Waals surface area (Å²) in [4.78, 5) is 8.60. The summed E-state index contributed by atoms with van der Waals surface area (Å²) in [5.41, 5.74) is 3.38. The van der Waals surface area contributed by atoms with Crippen LogP contribution in [0.4, 0.5) is 0 Å². The lowest BCUT2D eigenvalue weighted by Crippen LogP contribution is -2.04. The highest BCUT2D eigenvalue weighted by atomic mass is 35.5. The molecule has 0 atom stereocenters. The van der Waals surface area contributed by atoms with E-state index in [2.05, 4.69) is 31.4 Å². The van der Waals surface area contributed by atoms with E-state index < -0.39 is 0 Å². The number of rotatable bonds is 4. The zero-order chi connectivity index (χ0) is 12.4. The molecule has 0 aliphatic heterocycles. The Kier molecular flexibility index (Phi) is 3.30. The van der Waals surface area contributed by atoms with Crippen LogP contribution in [0.2, 0.25) is 0 Å². The average molecular weight is 278 g/mol. The monoisotopic (exact) mass is 277 g/mol. The summed E-state index contributed by atoms with van der Waals surface area (Å²) in [6.45, 7) is 0.902. The van der Waals surface area contributed by atoms with Gasteiger partial charge in [0.05, 0.1) is 17.6 Å². The smallest absolute Gasteiger partial charge is 0.124 e. The zero-order valence-electron chi connectivity index (χ0n) is 9.71. The Morgan fingerprint density at radius 1 is 1.33 bits per heavy atom. The zero-order valence-corrected chi connectivity index (χ0v) is 11.3. The maximum absolute atomic E-state index is 5.96. The van der Waals surface area contributed by atoms with Gasteiger partial charge < -0.3 is 4.57 Å². The van der Waals surface area contributed by atoms with E-state index in [0.717, 1.165) is 29.8 Å². The van der Waals surface area contributed by atoms with Gasteiger partial charge in [-0.3, -0.25) is 4.98 Å². The Morgan fingerprint density at radius 2 is 2.28 bits per heavy atom. The van der Waals surface area contributed by atoms with Crippen molar-refractivity contribution in [2.45, 2.75) is 18.8 Å². The van der Waals surface area contributed by atoms with Gasteiger partial charge in [0.2, 0.25) is 0 Å². The summed E-state index contributed by atoms with van der Waals surface area (Å²) in [6.07, 6.45) is 4.58. The topological polar surface area (TPSA) is 30.7 Å². The predicted molar refractivity (Wildman–Crippen MR) is 75.1 cm³/mol. The number of thiophene rings is 1. The van der Waals surface area contributed by atoms with Crippen molar-refractivity contribution < 1.29 is 0 Å². The molecule has 0 saturated carbocycles. The van der Waals surface area contributed by atoms with Crippen LogP contribution in [-0.2, 0) is 18.8 Å². The quantitative estimate of drug-likeness (QED) is 0.684. The van der Waals surface area contributed by atoms with Crippen LogP contribution >= 0.6 is 22.9 Å². The van der Waals surface area contributed by atoms with Gasteiger partial charge in [-0.25, -0.2) is 4.98 Å². The first kappa shape index (κ1) is 11.7. The predicted octanol–water partition coefficient (Wildman–Crippen LogP) is 3.47. The lowest BCUT2D eigenvalue weighted by Gasteiger charge is -2.06. The van der Waals surface area contributed by atoms with Crippen molar-refractivity contribution in [3.05, 3.63) is 46.7 Å². The molecule has 0 N–H and O–H groups in total. The molecule has 0 saturated heterocycles. The van der Waals surface area contributed by atoms with Gasteiger partial charge in [0.1, 0.15) is 11.3 Å². The van der Waals surface area contributed by atoms with E-state index in [-0.39, 0.29) is 0 Å². The number of aromatic nitrogens is 3. The summed E-state index contributed by atoms with van der Waals surface area (Å²) in [5, 5.41) is 4.29. The Labute approximate surface area is 114 Å². The standard InChI is InChI=1S/C13H12ClN3S/c14-7-13-16-11-8-15-4-1-12(11)17(13)5-2-10-3-6-18-9-10/h1,3-4,6,8-9H,2,5,7H2. The molecule has 3 nitrogen and oxygen atoms in total. The van der Waals surface area contributed by atoms with Crippen LogP contribution in [0.3, 0.4) is 0 Å². The van der Waals surface area contributed by atoms with E-state index in [0.29, 0.717) is 5.88 Å². The summed E-state index contributed by atoms with van der Waals surface area (Å²) >= 11 is 7.69. The highest BCUT2D eigenvalue weighted by Gasteiger charge is 2.09. The van der Waals surface area contributed by atoms with Gasteiger partial charge in [0, 0.05) is 12.7 Å². The van der Waals surface area contributed by atoms with Crippen molar-refractivity contribution in [2.75, 3.05) is 0 Å². The van der Waals surface area contributed by atoms with E-state index in [1.54, 1.807) is 23.7 Å². The molecular weight excluding hydrogens is 266 g/mol. The summed E-state index contributed by atoms with van der Waals surface area (Å²) in [5.74, 6) is 1.34. The number of pyridine rings is 1. The lowest BCUT2D eigenvalue weighted by atomic mass is 10.2. The van der Waals surface area contributed by atoms with Gasteiger partial charge in [0.15, 0.2) is 0 Å². The number of hydrogen-bond acceptors (Lipinski definition) is 3. The first-order chi connectivity index (χ1) is 8.88. The fraction of sp³-hybridized carbons (Fsp3) is 0.231. The minimum Gasteiger partial charge on any atom is -0.327 e. The Morgan fingerprint density at radius 3 is 3.06 bits per heavy atom. The van der Waals surface area contributed by atoms with E-state index >= 15 is 0 Å². The summed E-state index contributed by atoms with van der Waals surface area (Å²) < 4.78 is 2.18. The molecule has 3 rings (SSSR count). The van der Waals surface area contributed by atoms with Crippen LogP contribution in [0.5, 0.6) is 0 Å². The summed E-state index contributed by atoms with van der Waals surface area (Å²) in [6, 6.07) is 4.15. The molecule has 92 valence electrons. The number of halogens is 1. The van der Waals surface area contributed by atoms with Gasteiger partial charge in [-0.15, -0.1) is 11.6 Å². The second kappa shape index (κ2) is 5.08. The molecule has 18 heavy (non-hydrogen) atoms. The molecule has 0 aliphatic rings. The fourth-order valence-electron chi connectivity index (χ4n) is 2.06. The number of aryl methyl sites for hydroxylation is 2. The molecule has 5 heteroatoms. The second-order valence-corrected chi connectivity index (χ2v) is 5.11. The van der Waals surface area contributed by atoms with Crippen molar-refractivity contribution in [1.29, 1.82) is 0 Å². The normalized spacial score (nSPS) is 11.2.